The lowest BCUT2D eigenvalue weighted by molar-refractivity contribution is 1.07. The molecule has 0 spiro atoms. The van der Waals surface area contributed by atoms with Crippen LogP contribution in [0.4, 0.5) is 0 Å². The Morgan fingerprint density at radius 2 is 0.681 bits per heavy atom. The third-order valence-electron chi connectivity index (χ3n) is 12.8. The molecule has 0 saturated carbocycles. The number of aromatic nitrogens is 6. The quantitative estimate of drug-likeness (QED) is 0.151. The normalized spacial score (nSPS) is 11.5. The van der Waals surface area contributed by atoms with E-state index in [9.17, 15) is 0 Å². The van der Waals surface area contributed by atoms with E-state index >= 15 is 0 Å². The molecule has 10 aromatic carbocycles. The molecule has 0 bridgehead atoms. The molecule has 0 unspecified atom stereocenters. The molecule has 0 aliphatic heterocycles. The van der Waals surface area contributed by atoms with Crippen LogP contribution in [0, 0.1) is 0 Å². The van der Waals surface area contributed by atoms with E-state index < -0.39 is 0 Å². The summed E-state index contributed by atoms with van der Waals surface area (Å²) in [4.78, 5) is 30.6. The first-order chi connectivity index (χ1) is 34.1. The number of rotatable bonds is 8. The fourth-order valence-corrected chi connectivity index (χ4v) is 10.4. The Morgan fingerprint density at radius 3 is 1.39 bits per heavy atom. The van der Waals surface area contributed by atoms with E-state index in [2.05, 4.69) is 170 Å². The van der Waals surface area contributed by atoms with E-state index in [0.717, 1.165) is 71.8 Å². The van der Waals surface area contributed by atoms with E-state index in [1.165, 1.54) is 25.6 Å². The molecule has 13 rings (SSSR count). The van der Waals surface area contributed by atoms with Gasteiger partial charge in [-0.15, -0.1) is 11.3 Å². The number of nitrogens with zero attached hydrogens (tertiary/aromatic N) is 6. The standard InChI is InChI=1S/C62H38N6S/c1-3-17-42(18-4-1)57-63-58(43-19-5-2-6-20-43)65-59(64-57)44-32-30-41(31-33-44)53-38-56-54(50-26-11-12-28-55(50)69-56)37-52(53)46-23-13-24-47(36-46)60-66-61(48-34-29-39-15-7-8-21-45(39)35-48)68-62(67-60)51-27-14-22-40-16-9-10-25-49(40)51/h1-38H. The van der Waals surface area contributed by atoms with Gasteiger partial charge in [0.1, 0.15) is 0 Å². The summed E-state index contributed by atoms with van der Waals surface area (Å²) in [7, 11) is 0. The lowest BCUT2D eigenvalue weighted by Crippen LogP contribution is -2.01. The maximum absolute atomic E-state index is 5.26. The van der Waals surface area contributed by atoms with Crippen molar-refractivity contribution in [1.82, 2.24) is 29.9 Å². The number of hydrogen-bond acceptors (Lipinski definition) is 7. The summed E-state index contributed by atoms with van der Waals surface area (Å²) in [6, 6.07) is 80.3. The van der Waals surface area contributed by atoms with Crippen LogP contribution in [0.2, 0.25) is 0 Å². The minimum Gasteiger partial charge on any atom is -0.208 e. The number of fused-ring (bicyclic) bond motifs is 5. The zero-order valence-corrected chi connectivity index (χ0v) is 37.8. The first-order valence-electron chi connectivity index (χ1n) is 22.9. The molecule has 3 heterocycles. The highest BCUT2D eigenvalue weighted by atomic mass is 32.1. The van der Waals surface area contributed by atoms with Crippen molar-refractivity contribution < 1.29 is 0 Å². The first kappa shape index (κ1) is 40.3. The fourth-order valence-electron chi connectivity index (χ4n) is 9.31. The maximum atomic E-state index is 5.26. The zero-order chi connectivity index (χ0) is 45.7. The summed E-state index contributed by atoms with van der Waals surface area (Å²) in [5.74, 6) is 3.73. The molecular formula is C62H38N6S. The highest BCUT2D eigenvalue weighted by Crippen LogP contribution is 2.43. The second-order valence-corrected chi connectivity index (χ2v) is 18.2. The van der Waals surface area contributed by atoms with Crippen molar-refractivity contribution in [2.24, 2.45) is 0 Å². The molecule has 0 fully saturated rings. The van der Waals surface area contributed by atoms with E-state index in [0.29, 0.717) is 34.9 Å². The Morgan fingerprint density at radius 1 is 0.217 bits per heavy atom. The lowest BCUT2D eigenvalue weighted by Gasteiger charge is -2.14. The van der Waals surface area contributed by atoms with Crippen LogP contribution in [0.3, 0.4) is 0 Å². The summed E-state index contributed by atoms with van der Waals surface area (Å²) >= 11 is 1.82. The van der Waals surface area contributed by atoms with Crippen LogP contribution in [0.1, 0.15) is 0 Å². The Bertz CT molecular complexity index is 4010. The van der Waals surface area contributed by atoms with E-state index in [4.69, 9.17) is 29.9 Å². The highest BCUT2D eigenvalue weighted by molar-refractivity contribution is 7.25. The van der Waals surface area contributed by atoms with Gasteiger partial charge in [-0.25, -0.2) is 29.9 Å². The molecule has 3 aromatic heterocycles. The minimum absolute atomic E-state index is 0.605. The maximum Gasteiger partial charge on any atom is 0.164 e. The van der Waals surface area contributed by atoms with Gasteiger partial charge in [-0.1, -0.05) is 200 Å². The van der Waals surface area contributed by atoms with Gasteiger partial charge in [-0.05, 0) is 74.1 Å². The summed E-state index contributed by atoms with van der Waals surface area (Å²) < 4.78 is 2.48. The molecule has 0 saturated heterocycles. The number of hydrogen-bond donors (Lipinski definition) is 0. The van der Waals surface area contributed by atoms with E-state index in [1.54, 1.807) is 0 Å². The van der Waals surface area contributed by atoms with Crippen molar-refractivity contribution in [3.05, 3.63) is 231 Å². The summed E-state index contributed by atoms with van der Waals surface area (Å²) in [6.07, 6.45) is 0. The molecule has 7 heteroatoms. The van der Waals surface area contributed by atoms with Crippen LogP contribution in [-0.4, -0.2) is 29.9 Å². The third kappa shape index (κ3) is 7.57. The van der Waals surface area contributed by atoms with Gasteiger partial charge in [-0.3, -0.25) is 0 Å². The van der Waals surface area contributed by atoms with Crippen LogP contribution in [0.5, 0.6) is 0 Å². The average Bonchev–Trinajstić information content (AvgIpc) is 3.80. The monoisotopic (exact) mass is 898 g/mol. The average molecular weight is 899 g/mol. The molecule has 0 amide bonds. The van der Waals surface area contributed by atoms with Gasteiger partial charge in [0.25, 0.3) is 0 Å². The second-order valence-electron chi connectivity index (χ2n) is 17.1. The van der Waals surface area contributed by atoms with Gasteiger partial charge in [-0.2, -0.15) is 0 Å². The van der Waals surface area contributed by atoms with Gasteiger partial charge in [0, 0.05) is 53.6 Å². The third-order valence-corrected chi connectivity index (χ3v) is 13.9. The van der Waals surface area contributed by atoms with Gasteiger partial charge >= 0.3 is 0 Å². The van der Waals surface area contributed by atoms with Crippen LogP contribution < -0.4 is 0 Å². The van der Waals surface area contributed by atoms with Gasteiger partial charge < -0.3 is 0 Å². The van der Waals surface area contributed by atoms with Crippen molar-refractivity contribution in [2.75, 3.05) is 0 Å². The number of thiophene rings is 1. The van der Waals surface area contributed by atoms with E-state index in [-0.39, 0.29) is 0 Å². The molecule has 0 atom stereocenters. The largest absolute Gasteiger partial charge is 0.208 e. The van der Waals surface area contributed by atoms with Gasteiger partial charge in [0.15, 0.2) is 34.9 Å². The van der Waals surface area contributed by atoms with Crippen LogP contribution in [-0.2, 0) is 0 Å². The Labute approximate surface area is 402 Å². The topological polar surface area (TPSA) is 77.3 Å². The SMILES string of the molecule is c1ccc(-c2nc(-c3ccccc3)nc(-c3ccc(-c4cc5sc6ccccc6c5cc4-c4cccc(-c5nc(-c6ccc7ccccc7c6)nc(-c6cccc7ccccc67)n5)c4)cc3)n2)cc1. The highest BCUT2D eigenvalue weighted by Gasteiger charge is 2.19. The molecule has 0 aliphatic carbocycles. The molecule has 13 aromatic rings. The minimum atomic E-state index is 0.605. The molecular weight excluding hydrogens is 861 g/mol. The fraction of sp³-hybridized carbons (Fsp3) is 0. The second kappa shape index (κ2) is 17.0. The van der Waals surface area contributed by atoms with Gasteiger partial charge in [0.2, 0.25) is 0 Å². The van der Waals surface area contributed by atoms with Crippen molar-refractivity contribution >= 4 is 53.1 Å². The van der Waals surface area contributed by atoms with Crippen LogP contribution in [0.15, 0.2) is 231 Å². The molecule has 6 nitrogen and oxygen atoms in total. The van der Waals surface area contributed by atoms with Crippen LogP contribution >= 0.6 is 11.3 Å². The predicted molar refractivity (Wildman–Crippen MR) is 285 cm³/mol. The van der Waals surface area contributed by atoms with Crippen LogP contribution in [0.25, 0.3) is 132 Å². The Hall–Kier alpha value is -9.04. The van der Waals surface area contributed by atoms with Gasteiger partial charge in [0.05, 0.1) is 0 Å². The lowest BCUT2D eigenvalue weighted by atomic mass is 9.91. The first-order valence-corrected chi connectivity index (χ1v) is 23.7. The zero-order valence-electron chi connectivity index (χ0n) is 37.0. The predicted octanol–water partition coefficient (Wildman–Crippen LogP) is 16.1. The van der Waals surface area contributed by atoms with Crippen molar-refractivity contribution in [3.63, 3.8) is 0 Å². The Balaban J connectivity index is 0.956. The van der Waals surface area contributed by atoms with E-state index in [1.807, 2.05) is 72.0 Å². The van der Waals surface area contributed by atoms with Crippen molar-refractivity contribution in [3.8, 4) is 90.6 Å². The summed E-state index contributed by atoms with van der Waals surface area (Å²) in [5.41, 5.74) is 9.92. The summed E-state index contributed by atoms with van der Waals surface area (Å²) in [5, 5.41) is 6.98. The number of benzene rings is 10. The summed E-state index contributed by atoms with van der Waals surface area (Å²) in [6.45, 7) is 0. The molecule has 322 valence electrons. The van der Waals surface area contributed by atoms with Crippen molar-refractivity contribution in [1.29, 1.82) is 0 Å². The smallest absolute Gasteiger partial charge is 0.164 e. The molecule has 0 aliphatic rings. The molecule has 0 N–H and O–H groups in total. The molecule has 69 heavy (non-hydrogen) atoms. The molecule has 0 radical (unpaired) electrons. The van der Waals surface area contributed by atoms with Crippen molar-refractivity contribution in [2.45, 2.75) is 0 Å². The Kier molecular flexibility index (Phi) is 9.91.